The van der Waals surface area contributed by atoms with Crippen LogP contribution in [0.15, 0.2) is 16.6 Å². The summed E-state index contributed by atoms with van der Waals surface area (Å²) in [6.45, 7) is 1.84. The molecule has 0 aromatic heterocycles. The average molecular weight is 317 g/mol. The van der Waals surface area contributed by atoms with Gasteiger partial charge in [0.05, 0.1) is 17.0 Å². The standard InChI is InChI=1S/C12H13BrO5/c1-6(2-10(14)15)11(16)7-3-8(13)12-9(4-7)17-5-18-12/h3-4,6,11,16H,2,5H2,1H3,(H,14,15). The van der Waals surface area contributed by atoms with Crippen LogP contribution in [0.25, 0.3) is 0 Å². The van der Waals surface area contributed by atoms with Gasteiger partial charge in [-0.15, -0.1) is 0 Å². The minimum atomic E-state index is -0.929. The van der Waals surface area contributed by atoms with Crippen molar-refractivity contribution in [2.24, 2.45) is 5.92 Å². The Hall–Kier alpha value is -1.27. The van der Waals surface area contributed by atoms with Gasteiger partial charge in [-0.05, 0) is 39.5 Å². The van der Waals surface area contributed by atoms with E-state index in [1.807, 2.05) is 0 Å². The lowest BCUT2D eigenvalue weighted by Crippen LogP contribution is -2.13. The molecule has 2 atom stereocenters. The Morgan fingerprint density at radius 1 is 1.50 bits per heavy atom. The summed E-state index contributed by atoms with van der Waals surface area (Å²) < 4.78 is 11.2. The summed E-state index contributed by atoms with van der Waals surface area (Å²) in [4.78, 5) is 10.6. The fourth-order valence-corrected chi connectivity index (χ4v) is 2.45. The fourth-order valence-electron chi connectivity index (χ4n) is 1.87. The molecule has 2 N–H and O–H groups in total. The van der Waals surface area contributed by atoms with Crippen LogP contribution in [0, 0.1) is 5.92 Å². The van der Waals surface area contributed by atoms with E-state index < -0.39 is 12.1 Å². The van der Waals surface area contributed by atoms with Crippen LogP contribution in [0.3, 0.4) is 0 Å². The van der Waals surface area contributed by atoms with Crippen molar-refractivity contribution in [1.82, 2.24) is 0 Å². The van der Waals surface area contributed by atoms with Gasteiger partial charge in [-0.3, -0.25) is 4.79 Å². The summed E-state index contributed by atoms with van der Waals surface area (Å²) in [6.07, 6.45) is -0.945. The number of carbonyl (C=O) groups is 1. The SMILES string of the molecule is CC(CC(=O)O)C(O)c1cc(Br)c2c(c1)OCO2. The molecule has 0 saturated heterocycles. The lowest BCUT2D eigenvalue weighted by atomic mass is 9.94. The molecule has 0 fully saturated rings. The number of carboxylic acid groups (broad SMARTS) is 1. The van der Waals surface area contributed by atoms with Crippen LogP contribution < -0.4 is 9.47 Å². The fraction of sp³-hybridized carbons (Fsp3) is 0.417. The topological polar surface area (TPSA) is 76.0 Å². The van der Waals surface area contributed by atoms with Crippen LogP contribution in [0.2, 0.25) is 0 Å². The quantitative estimate of drug-likeness (QED) is 0.891. The van der Waals surface area contributed by atoms with Gasteiger partial charge >= 0.3 is 5.97 Å². The van der Waals surface area contributed by atoms with Crippen LogP contribution in [0.1, 0.15) is 25.0 Å². The molecule has 0 amide bonds. The Balaban J connectivity index is 2.23. The molecule has 2 rings (SSSR count). The molecule has 6 heteroatoms. The van der Waals surface area contributed by atoms with Crippen LogP contribution in [0.5, 0.6) is 11.5 Å². The van der Waals surface area contributed by atoms with E-state index in [0.29, 0.717) is 21.5 Å². The Labute approximate surface area is 112 Å². The molecule has 0 bridgehead atoms. The van der Waals surface area contributed by atoms with Crippen molar-refractivity contribution < 1.29 is 24.5 Å². The first-order chi connectivity index (χ1) is 8.49. The maximum absolute atomic E-state index is 10.6. The maximum atomic E-state index is 10.6. The Kier molecular flexibility index (Phi) is 3.77. The van der Waals surface area contributed by atoms with Gasteiger partial charge < -0.3 is 19.7 Å². The van der Waals surface area contributed by atoms with Gasteiger partial charge in [-0.1, -0.05) is 6.92 Å². The second-order valence-electron chi connectivity index (χ2n) is 4.26. The van der Waals surface area contributed by atoms with Crippen molar-refractivity contribution in [2.45, 2.75) is 19.4 Å². The van der Waals surface area contributed by atoms with Gasteiger partial charge in [0.25, 0.3) is 0 Å². The van der Waals surface area contributed by atoms with Crippen molar-refractivity contribution in [2.75, 3.05) is 6.79 Å². The molecule has 1 aromatic carbocycles. The zero-order chi connectivity index (χ0) is 13.3. The minimum absolute atomic E-state index is 0.0901. The summed E-state index contributed by atoms with van der Waals surface area (Å²) >= 11 is 3.33. The molecule has 1 aliphatic heterocycles. The van der Waals surface area contributed by atoms with E-state index in [9.17, 15) is 9.90 Å². The average Bonchev–Trinajstić information content (AvgIpc) is 2.75. The smallest absolute Gasteiger partial charge is 0.303 e. The van der Waals surface area contributed by atoms with Gasteiger partial charge in [-0.2, -0.15) is 0 Å². The van der Waals surface area contributed by atoms with Crippen molar-refractivity contribution in [1.29, 1.82) is 0 Å². The second kappa shape index (κ2) is 5.16. The van der Waals surface area contributed by atoms with Gasteiger partial charge in [0.1, 0.15) is 0 Å². The molecular weight excluding hydrogens is 304 g/mol. The van der Waals surface area contributed by atoms with Gasteiger partial charge in [0, 0.05) is 0 Å². The van der Waals surface area contributed by atoms with E-state index in [1.54, 1.807) is 19.1 Å². The number of aliphatic hydroxyl groups is 1. The first-order valence-electron chi connectivity index (χ1n) is 5.48. The largest absolute Gasteiger partial charge is 0.481 e. The van der Waals surface area contributed by atoms with E-state index in [4.69, 9.17) is 14.6 Å². The van der Waals surface area contributed by atoms with Gasteiger partial charge in [0.15, 0.2) is 11.5 Å². The van der Waals surface area contributed by atoms with Crippen LogP contribution >= 0.6 is 15.9 Å². The highest BCUT2D eigenvalue weighted by Crippen LogP contribution is 2.42. The third-order valence-electron chi connectivity index (χ3n) is 2.83. The molecule has 1 heterocycles. The Morgan fingerprint density at radius 3 is 2.89 bits per heavy atom. The third kappa shape index (κ3) is 2.59. The van der Waals surface area contributed by atoms with Crippen molar-refractivity contribution in [3.8, 4) is 11.5 Å². The molecule has 5 nitrogen and oxygen atoms in total. The molecular formula is C12H13BrO5. The number of hydrogen-bond donors (Lipinski definition) is 2. The Bertz CT molecular complexity index is 474. The molecule has 1 aromatic rings. The number of ether oxygens (including phenoxy) is 2. The summed E-state index contributed by atoms with van der Waals surface area (Å²) in [5.74, 6) is -0.145. The van der Waals surface area contributed by atoms with Gasteiger partial charge in [0.2, 0.25) is 6.79 Å². The number of aliphatic hydroxyl groups excluding tert-OH is 1. The minimum Gasteiger partial charge on any atom is -0.481 e. The van der Waals surface area contributed by atoms with Crippen LogP contribution in [-0.2, 0) is 4.79 Å². The molecule has 98 valence electrons. The maximum Gasteiger partial charge on any atom is 0.303 e. The molecule has 18 heavy (non-hydrogen) atoms. The molecule has 2 unspecified atom stereocenters. The molecule has 0 aliphatic carbocycles. The predicted octanol–water partition coefficient (Wildman–Crippen LogP) is 2.32. The number of aliphatic carboxylic acids is 1. The van der Waals surface area contributed by atoms with E-state index in [2.05, 4.69) is 15.9 Å². The summed E-state index contributed by atoms with van der Waals surface area (Å²) in [7, 11) is 0. The van der Waals surface area contributed by atoms with Crippen molar-refractivity contribution >= 4 is 21.9 Å². The molecule has 0 spiro atoms. The second-order valence-corrected chi connectivity index (χ2v) is 5.11. The van der Waals surface area contributed by atoms with Crippen molar-refractivity contribution in [3.05, 3.63) is 22.2 Å². The predicted molar refractivity (Wildman–Crippen MR) is 66.6 cm³/mol. The van der Waals surface area contributed by atoms with Crippen molar-refractivity contribution in [3.63, 3.8) is 0 Å². The number of carboxylic acids is 1. The zero-order valence-electron chi connectivity index (χ0n) is 9.72. The molecule has 0 radical (unpaired) electrons. The number of rotatable bonds is 4. The van der Waals surface area contributed by atoms with E-state index in [1.165, 1.54) is 0 Å². The number of fused-ring (bicyclic) bond motifs is 1. The normalized spacial score (nSPS) is 16.4. The number of halogens is 1. The highest BCUT2D eigenvalue weighted by Gasteiger charge is 2.24. The summed E-state index contributed by atoms with van der Waals surface area (Å²) in [5, 5.41) is 18.8. The lowest BCUT2D eigenvalue weighted by Gasteiger charge is -2.18. The Morgan fingerprint density at radius 2 is 2.22 bits per heavy atom. The first-order valence-corrected chi connectivity index (χ1v) is 6.27. The lowest BCUT2D eigenvalue weighted by molar-refractivity contribution is -0.139. The summed E-state index contributed by atoms with van der Waals surface area (Å²) in [5.41, 5.74) is 0.611. The summed E-state index contributed by atoms with van der Waals surface area (Å²) in [6, 6.07) is 3.40. The third-order valence-corrected chi connectivity index (χ3v) is 3.42. The number of hydrogen-bond acceptors (Lipinski definition) is 4. The zero-order valence-corrected chi connectivity index (χ0v) is 11.3. The highest BCUT2D eigenvalue weighted by molar-refractivity contribution is 9.10. The highest BCUT2D eigenvalue weighted by atomic mass is 79.9. The number of benzene rings is 1. The van der Waals surface area contributed by atoms with E-state index >= 15 is 0 Å². The van der Waals surface area contributed by atoms with E-state index in [0.717, 1.165) is 0 Å². The van der Waals surface area contributed by atoms with Gasteiger partial charge in [-0.25, -0.2) is 0 Å². The molecule has 1 aliphatic rings. The first kappa shape index (κ1) is 13.2. The molecule has 0 saturated carbocycles. The van der Waals surface area contributed by atoms with Crippen LogP contribution in [0.4, 0.5) is 0 Å². The monoisotopic (exact) mass is 316 g/mol. The van der Waals surface area contributed by atoms with Crippen LogP contribution in [-0.4, -0.2) is 23.0 Å². The van der Waals surface area contributed by atoms with E-state index in [-0.39, 0.29) is 19.1 Å².